The quantitative estimate of drug-likeness (QED) is 0.806. The minimum absolute atomic E-state index is 0.786. The molecule has 3 heterocycles. The van der Waals surface area contributed by atoms with Gasteiger partial charge >= 0.3 is 0 Å². The van der Waals surface area contributed by atoms with E-state index in [2.05, 4.69) is 27.0 Å². The van der Waals surface area contributed by atoms with Crippen LogP contribution in [0.5, 0.6) is 0 Å². The lowest BCUT2D eigenvalue weighted by molar-refractivity contribution is 0.122. The van der Waals surface area contributed by atoms with Crippen LogP contribution in [0.2, 0.25) is 0 Å². The van der Waals surface area contributed by atoms with Gasteiger partial charge in [-0.1, -0.05) is 0 Å². The van der Waals surface area contributed by atoms with Crippen molar-refractivity contribution in [1.82, 2.24) is 9.97 Å². The molecule has 1 aliphatic rings. The second kappa shape index (κ2) is 5.14. The third-order valence-corrected chi connectivity index (χ3v) is 3.10. The largest absolute Gasteiger partial charge is 0.378 e. The third kappa shape index (κ3) is 2.33. The van der Waals surface area contributed by atoms with Crippen LogP contribution in [0.3, 0.4) is 0 Å². The van der Waals surface area contributed by atoms with Crippen molar-refractivity contribution in [2.24, 2.45) is 0 Å². The van der Waals surface area contributed by atoms with Crippen LogP contribution in [0.15, 0.2) is 42.9 Å². The fourth-order valence-corrected chi connectivity index (χ4v) is 2.08. The number of rotatable bonds is 2. The van der Waals surface area contributed by atoms with Crippen LogP contribution in [0.25, 0.3) is 11.1 Å². The predicted molar refractivity (Wildman–Crippen MR) is 70.5 cm³/mol. The monoisotopic (exact) mass is 241 g/mol. The van der Waals surface area contributed by atoms with Gasteiger partial charge in [-0.05, 0) is 29.8 Å². The Bertz CT molecular complexity index is 492. The molecule has 0 N–H and O–H groups in total. The normalized spacial score (nSPS) is 15.7. The lowest BCUT2D eigenvalue weighted by Crippen LogP contribution is -2.36. The zero-order valence-electron chi connectivity index (χ0n) is 10.1. The Morgan fingerprint density at radius 3 is 2.39 bits per heavy atom. The summed E-state index contributed by atoms with van der Waals surface area (Å²) in [5.74, 6) is 1.02. The molecule has 4 nitrogen and oxygen atoms in total. The van der Waals surface area contributed by atoms with E-state index in [0.717, 1.165) is 43.2 Å². The van der Waals surface area contributed by atoms with E-state index < -0.39 is 0 Å². The van der Waals surface area contributed by atoms with E-state index >= 15 is 0 Å². The summed E-state index contributed by atoms with van der Waals surface area (Å²) in [6, 6.07) is 8.16. The standard InChI is InChI=1S/C14H15N3O/c1-2-14(17-7-9-18-10-8-17)16-11-13(1)12-3-5-15-6-4-12/h1-6,11H,7-10H2. The summed E-state index contributed by atoms with van der Waals surface area (Å²) in [5, 5.41) is 0. The van der Waals surface area contributed by atoms with Gasteiger partial charge in [0.05, 0.1) is 13.2 Å². The summed E-state index contributed by atoms with van der Waals surface area (Å²) in [6.45, 7) is 3.41. The van der Waals surface area contributed by atoms with Crippen molar-refractivity contribution in [1.29, 1.82) is 0 Å². The fourth-order valence-electron chi connectivity index (χ4n) is 2.08. The molecular weight excluding hydrogens is 226 g/mol. The Labute approximate surface area is 106 Å². The van der Waals surface area contributed by atoms with Crippen molar-refractivity contribution in [2.75, 3.05) is 31.2 Å². The van der Waals surface area contributed by atoms with Crippen molar-refractivity contribution >= 4 is 5.82 Å². The van der Waals surface area contributed by atoms with E-state index in [4.69, 9.17) is 4.74 Å². The van der Waals surface area contributed by atoms with Crippen LogP contribution in [0.1, 0.15) is 0 Å². The molecule has 92 valence electrons. The molecule has 1 fully saturated rings. The summed E-state index contributed by atoms with van der Waals surface area (Å²) in [6.07, 6.45) is 5.51. The first-order valence-electron chi connectivity index (χ1n) is 6.12. The molecule has 0 amide bonds. The molecule has 1 saturated heterocycles. The highest BCUT2D eigenvalue weighted by Gasteiger charge is 2.11. The molecule has 0 saturated carbocycles. The second-order valence-electron chi connectivity index (χ2n) is 4.24. The topological polar surface area (TPSA) is 38.2 Å². The Hall–Kier alpha value is -1.94. The number of pyridine rings is 2. The zero-order valence-corrected chi connectivity index (χ0v) is 10.1. The Morgan fingerprint density at radius 1 is 0.944 bits per heavy atom. The fraction of sp³-hybridized carbons (Fsp3) is 0.286. The maximum Gasteiger partial charge on any atom is 0.128 e. The van der Waals surface area contributed by atoms with Gasteiger partial charge in [-0.25, -0.2) is 4.98 Å². The van der Waals surface area contributed by atoms with Gasteiger partial charge in [0.25, 0.3) is 0 Å². The van der Waals surface area contributed by atoms with Gasteiger partial charge in [-0.15, -0.1) is 0 Å². The van der Waals surface area contributed by atoms with Gasteiger partial charge in [-0.3, -0.25) is 4.98 Å². The highest BCUT2D eigenvalue weighted by molar-refractivity contribution is 5.63. The van der Waals surface area contributed by atoms with Crippen molar-refractivity contribution in [3.8, 4) is 11.1 Å². The van der Waals surface area contributed by atoms with Crippen molar-refractivity contribution in [3.05, 3.63) is 42.9 Å². The maximum absolute atomic E-state index is 5.34. The Kier molecular flexibility index (Phi) is 3.19. The summed E-state index contributed by atoms with van der Waals surface area (Å²) in [7, 11) is 0. The molecule has 1 aliphatic heterocycles. The number of nitrogens with zero attached hydrogens (tertiary/aromatic N) is 3. The summed E-state index contributed by atoms with van der Waals surface area (Å²) >= 11 is 0. The molecular formula is C14H15N3O. The number of aromatic nitrogens is 2. The van der Waals surface area contributed by atoms with Crippen LogP contribution in [0.4, 0.5) is 5.82 Å². The van der Waals surface area contributed by atoms with E-state index in [1.54, 1.807) is 12.4 Å². The van der Waals surface area contributed by atoms with Crippen LogP contribution in [-0.2, 0) is 4.74 Å². The first-order chi connectivity index (χ1) is 8.93. The van der Waals surface area contributed by atoms with Gasteiger partial charge in [0, 0.05) is 37.2 Å². The van der Waals surface area contributed by atoms with Crippen LogP contribution < -0.4 is 4.90 Å². The molecule has 0 aromatic carbocycles. The second-order valence-corrected chi connectivity index (χ2v) is 4.24. The molecule has 0 unspecified atom stereocenters. The van der Waals surface area contributed by atoms with Gasteiger partial charge < -0.3 is 9.64 Å². The first kappa shape index (κ1) is 11.2. The Balaban J connectivity index is 1.80. The molecule has 0 bridgehead atoms. The highest BCUT2D eigenvalue weighted by Crippen LogP contribution is 2.20. The average molecular weight is 241 g/mol. The summed E-state index contributed by atoms with van der Waals surface area (Å²) in [4.78, 5) is 10.8. The van der Waals surface area contributed by atoms with Crippen LogP contribution >= 0.6 is 0 Å². The van der Waals surface area contributed by atoms with Gasteiger partial charge in [0.2, 0.25) is 0 Å². The molecule has 2 aromatic heterocycles. The first-order valence-corrected chi connectivity index (χ1v) is 6.12. The smallest absolute Gasteiger partial charge is 0.128 e. The predicted octanol–water partition coefficient (Wildman–Crippen LogP) is 1.98. The molecule has 4 heteroatoms. The lowest BCUT2D eigenvalue weighted by atomic mass is 10.1. The maximum atomic E-state index is 5.34. The van der Waals surface area contributed by atoms with Crippen LogP contribution in [-0.4, -0.2) is 36.3 Å². The third-order valence-electron chi connectivity index (χ3n) is 3.10. The average Bonchev–Trinajstić information content (AvgIpc) is 2.49. The van der Waals surface area contributed by atoms with E-state index in [0.29, 0.717) is 0 Å². The van der Waals surface area contributed by atoms with Gasteiger partial charge in [-0.2, -0.15) is 0 Å². The van der Waals surface area contributed by atoms with Crippen molar-refractivity contribution < 1.29 is 4.74 Å². The van der Waals surface area contributed by atoms with E-state index in [1.807, 2.05) is 18.3 Å². The molecule has 0 aliphatic carbocycles. The SMILES string of the molecule is c1cc(-c2ccc(N3CCOCC3)nc2)ccn1. The number of ether oxygens (including phenoxy) is 1. The molecule has 18 heavy (non-hydrogen) atoms. The van der Waals surface area contributed by atoms with E-state index in [-0.39, 0.29) is 0 Å². The number of morpholine rings is 1. The van der Waals surface area contributed by atoms with E-state index in [9.17, 15) is 0 Å². The molecule has 0 atom stereocenters. The minimum atomic E-state index is 0.786. The van der Waals surface area contributed by atoms with Crippen molar-refractivity contribution in [3.63, 3.8) is 0 Å². The van der Waals surface area contributed by atoms with Crippen molar-refractivity contribution in [2.45, 2.75) is 0 Å². The molecule has 2 aromatic rings. The van der Waals surface area contributed by atoms with Crippen LogP contribution in [0, 0.1) is 0 Å². The number of hydrogen-bond donors (Lipinski definition) is 0. The summed E-state index contributed by atoms with van der Waals surface area (Å²) in [5.41, 5.74) is 2.26. The summed E-state index contributed by atoms with van der Waals surface area (Å²) < 4.78 is 5.34. The van der Waals surface area contributed by atoms with E-state index in [1.165, 1.54) is 0 Å². The highest BCUT2D eigenvalue weighted by atomic mass is 16.5. The molecule has 0 spiro atoms. The Morgan fingerprint density at radius 2 is 1.72 bits per heavy atom. The number of hydrogen-bond acceptors (Lipinski definition) is 4. The van der Waals surface area contributed by atoms with Gasteiger partial charge in [0.1, 0.15) is 5.82 Å². The molecule has 0 radical (unpaired) electrons. The van der Waals surface area contributed by atoms with Gasteiger partial charge in [0.15, 0.2) is 0 Å². The molecule has 3 rings (SSSR count). The lowest BCUT2D eigenvalue weighted by Gasteiger charge is -2.27. The number of anilines is 1. The zero-order chi connectivity index (χ0) is 12.2. The minimum Gasteiger partial charge on any atom is -0.378 e.